The molecule has 68 valence electrons. The molecule has 3 heteroatoms. The van der Waals surface area contributed by atoms with E-state index >= 15 is 0 Å². The lowest BCUT2D eigenvalue weighted by Gasteiger charge is -1.97. The van der Waals surface area contributed by atoms with Gasteiger partial charge in [-0.25, -0.2) is 0 Å². The number of carbonyl (C=O) groups excluding carboxylic acids is 1. The third-order valence-electron chi connectivity index (χ3n) is 1.51. The van der Waals surface area contributed by atoms with Gasteiger partial charge < -0.3 is 10.2 Å². The SMILES string of the molecule is CC(=O)C=Cc1ccc(O)c(O)c1. The minimum atomic E-state index is -0.189. The smallest absolute Gasteiger partial charge is 0.157 e. The lowest BCUT2D eigenvalue weighted by Crippen LogP contribution is -1.80. The lowest BCUT2D eigenvalue weighted by molar-refractivity contribution is -0.112. The van der Waals surface area contributed by atoms with Crippen molar-refractivity contribution in [2.45, 2.75) is 6.92 Å². The molecule has 0 aliphatic heterocycles. The third kappa shape index (κ3) is 2.63. The van der Waals surface area contributed by atoms with E-state index in [1.54, 1.807) is 12.1 Å². The zero-order valence-electron chi connectivity index (χ0n) is 7.19. The number of benzene rings is 1. The molecule has 0 fully saturated rings. The van der Waals surface area contributed by atoms with E-state index in [0.29, 0.717) is 5.56 Å². The van der Waals surface area contributed by atoms with Crippen LogP contribution in [-0.4, -0.2) is 16.0 Å². The summed E-state index contributed by atoms with van der Waals surface area (Å²) < 4.78 is 0. The number of allylic oxidation sites excluding steroid dienone is 1. The molecule has 0 aromatic heterocycles. The predicted octanol–water partition coefficient (Wildman–Crippen LogP) is 1.70. The van der Waals surface area contributed by atoms with Crippen LogP contribution in [0.25, 0.3) is 6.08 Å². The van der Waals surface area contributed by atoms with Gasteiger partial charge in [0.25, 0.3) is 0 Å². The standard InChI is InChI=1S/C10H10O3/c1-7(11)2-3-8-4-5-9(12)10(13)6-8/h2-6,12-13H,1H3. The molecule has 2 N–H and O–H groups in total. The Balaban J connectivity index is 2.92. The van der Waals surface area contributed by atoms with E-state index in [1.165, 1.54) is 25.1 Å². The average molecular weight is 178 g/mol. The van der Waals surface area contributed by atoms with Gasteiger partial charge >= 0.3 is 0 Å². The molecule has 0 saturated heterocycles. The fourth-order valence-corrected chi connectivity index (χ4v) is 0.858. The molecule has 3 nitrogen and oxygen atoms in total. The second kappa shape index (κ2) is 3.76. The van der Waals surface area contributed by atoms with Gasteiger partial charge in [0.1, 0.15) is 0 Å². The molecule has 1 aromatic rings. The van der Waals surface area contributed by atoms with E-state index in [1.807, 2.05) is 0 Å². The Morgan fingerprint density at radius 3 is 2.54 bits per heavy atom. The first-order chi connectivity index (χ1) is 6.09. The number of hydrogen-bond donors (Lipinski definition) is 2. The molecule has 1 rings (SSSR count). The highest BCUT2D eigenvalue weighted by Crippen LogP contribution is 2.25. The molecule has 0 aliphatic carbocycles. The Morgan fingerprint density at radius 2 is 2.00 bits per heavy atom. The Bertz CT molecular complexity index is 353. The summed E-state index contributed by atoms with van der Waals surface area (Å²) in [6, 6.07) is 4.36. The minimum absolute atomic E-state index is 0.0624. The van der Waals surface area contributed by atoms with Crippen molar-refractivity contribution in [1.82, 2.24) is 0 Å². The number of phenols is 2. The number of ketones is 1. The molecule has 1 aromatic carbocycles. The van der Waals surface area contributed by atoms with Crippen LogP contribution >= 0.6 is 0 Å². The van der Waals surface area contributed by atoms with Crippen molar-refractivity contribution in [3.8, 4) is 11.5 Å². The summed E-state index contributed by atoms with van der Waals surface area (Å²) in [6.45, 7) is 1.44. The van der Waals surface area contributed by atoms with E-state index in [-0.39, 0.29) is 17.3 Å². The van der Waals surface area contributed by atoms with E-state index in [0.717, 1.165) is 0 Å². The fourth-order valence-electron chi connectivity index (χ4n) is 0.858. The van der Waals surface area contributed by atoms with Crippen molar-refractivity contribution in [3.63, 3.8) is 0 Å². The van der Waals surface area contributed by atoms with Gasteiger partial charge in [0.15, 0.2) is 17.3 Å². The molecule has 0 radical (unpaired) electrons. The van der Waals surface area contributed by atoms with Gasteiger partial charge in [-0.3, -0.25) is 4.79 Å². The van der Waals surface area contributed by atoms with Crippen LogP contribution in [0.1, 0.15) is 12.5 Å². The first-order valence-corrected chi connectivity index (χ1v) is 3.80. The second-order valence-corrected chi connectivity index (χ2v) is 2.69. The number of carbonyl (C=O) groups is 1. The monoisotopic (exact) mass is 178 g/mol. The molecular formula is C10H10O3. The van der Waals surface area contributed by atoms with Gasteiger partial charge in [-0.05, 0) is 30.7 Å². The molecule has 0 aliphatic rings. The van der Waals surface area contributed by atoms with Crippen molar-refractivity contribution in [1.29, 1.82) is 0 Å². The van der Waals surface area contributed by atoms with E-state index in [4.69, 9.17) is 10.2 Å². The van der Waals surface area contributed by atoms with Crippen molar-refractivity contribution >= 4 is 11.9 Å². The van der Waals surface area contributed by atoms with E-state index in [9.17, 15) is 4.79 Å². The molecule has 0 amide bonds. The molecule has 0 unspecified atom stereocenters. The van der Waals surface area contributed by atoms with E-state index in [2.05, 4.69) is 0 Å². The average Bonchev–Trinajstić information content (AvgIpc) is 2.07. The van der Waals surface area contributed by atoms with Gasteiger partial charge in [0.2, 0.25) is 0 Å². The van der Waals surface area contributed by atoms with Crippen molar-refractivity contribution < 1.29 is 15.0 Å². The van der Waals surface area contributed by atoms with Crippen molar-refractivity contribution in [2.75, 3.05) is 0 Å². The van der Waals surface area contributed by atoms with Crippen molar-refractivity contribution in [3.05, 3.63) is 29.8 Å². The predicted molar refractivity (Wildman–Crippen MR) is 49.5 cm³/mol. The van der Waals surface area contributed by atoms with Gasteiger partial charge in [-0.15, -0.1) is 0 Å². The summed E-state index contributed by atoms with van der Waals surface area (Å²) in [6.07, 6.45) is 2.97. The maximum absolute atomic E-state index is 10.6. The molecule has 0 spiro atoms. The van der Waals surface area contributed by atoms with Gasteiger partial charge in [0, 0.05) is 0 Å². The van der Waals surface area contributed by atoms with Crippen LogP contribution in [0.5, 0.6) is 11.5 Å². The van der Waals surface area contributed by atoms with Crippen LogP contribution in [0.2, 0.25) is 0 Å². The van der Waals surface area contributed by atoms with Crippen molar-refractivity contribution in [2.24, 2.45) is 0 Å². The number of rotatable bonds is 2. The molecule has 13 heavy (non-hydrogen) atoms. The highest BCUT2D eigenvalue weighted by molar-refractivity contribution is 5.91. The summed E-state index contributed by atoms with van der Waals surface area (Å²) in [4.78, 5) is 10.6. The van der Waals surface area contributed by atoms with E-state index < -0.39 is 0 Å². The van der Waals surface area contributed by atoms with Crippen LogP contribution in [0.4, 0.5) is 0 Å². The Morgan fingerprint density at radius 1 is 1.31 bits per heavy atom. The van der Waals surface area contributed by atoms with Gasteiger partial charge in [0.05, 0.1) is 0 Å². The topological polar surface area (TPSA) is 57.5 Å². The zero-order chi connectivity index (χ0) is 9.84. The Labute approximate surface area is 76.0 Å². The number of phenolic OH excluding ortho intramolecular Hbond substituents is 2. The highest BCUT2D eigenvalue weighted by Gasteiger charge is 1.97. The summed E-state index contributed by atoms with van der Waals surface area (Å²) in [5.74, 6) is -0.418. The summed E-state index contributed by atoms with van der Waals surface area (Å²) >= 11 is 0. The zero-order valence-corrected chi connectivity index (χ0v) is 7.19. The van der Waals surface area contributed by atoms with Crippen LogP contribution in [0.15, 0.2) is 24.3 Å². The second-order valence-electron chi connectivity index (χ2n) is 2.69. The third-order valence-corrected chi connectivity index (χ3v) is 1.51. The van der Waals surface area contributed by atoms with Gasteiger partial charge in [-0.1, -0.05) is 12.1 Å². The lowest BCUT2D eigenvalue weighted by atomic mass is 10.2. The van der Waals surface area contributed by atoms with Crippen LogP contribution < -0.4 is 0 Å². The number of hydrogen-bond acceptors (Lipinski definition) is 3. The Hall–Kier alpha value is -1.77. The first-order valence-electron chi connectivity index (χ1n) is 3.80. The van der Waals surface area contributed by atoms with Crippen LogP contribution in [-0.2, 0) is 4.79 Å². The molecule has 0 saturated carbocycles. The Kier molecular flexibility index (Phi) is 2.69. The minimum Gasteiger partial charge on any atom is -0.504 e. The molecule has 0 atom stereocenters. The highest BCUT2D eigenvalue weighted by atomic mass is 16.3. The normalized spacial score (nSPS) is 10.5. The molecular weight excluding hydrogens is 168 g/mol. The number of aromatic hydroxyl groups is 2. The molecule has 0 bridgehead atoms. The quantitative estimate of drug-likeness (QED) is 0.535. The summed E-state index contributed by atoms with van der Waals surface area (Å²) in [5.41, 5.74) is 0.672. The molecule has 0 heterocycles. The van der Waals surface area contributed by atoms with Gasteiger partial charge in [-0.2, -0.15) is 0 Å². The summed E-state index contributed by atoms with van der Waals surface area (Å²) in [5, 5.41) is 18.1. The van der Waals surface area contributed by atoms with Crippen LogP contribution in [0.3, 0.4) is 0 Å². The largest absolute Gasteiger partial charge is 0.504 e. The van der Waals surface area contributed by atoms with Crippen LogP contribution in [0, 0.1) is 0 Å². The first kappa shape index (κ1) is 9.32. The maximum Gasteiger partial charge on any atom is 0.157 e. The maximum atomic E-state index is 10.6. The summed E-state index contributed by atoms with van der Waals surface area (Å²) in [7, 11) is 0. The fraction of sp³-hybridized carbons (Fsp3) is 0.100.